The van der Waals surface area contributed by atoms with Crippen molar-refractivity contribution in [3.63, 3.8) is 0 Å². The predicted molar refractivity (Wildman–Crippen MR) is 91.1 cm³/mol. The SMILES string of the molecule is CCCCN(c1ccc(Cl)c(CNCC(C)C)n1)C1CC1. The van der Waals surface area contributed by atoms with Crippen LogP contribution in [-0.2, 0) is 6.54 Å². The molecule has 4 heteroatoms. The van der Waals surface area contributed by atoms with Crippen molar-refractivity contribution in [1.82, 2.24) is 10.3 Å². The second-order valence-electron chi connectivity index (χ2n) is 6.40. The highest BCUT2D eigenvalue weighted by atomic mass is 35.5. The molecule has 0 amide bonds. The summed E-state index contributed by atoms with van der Waals surface area (Å²) < 4.78 is 0. The summed E-state index contributed by atoms with van der Waals surface area (Å²) >= 11 is 6.29. The van der Waals surface area contributed by atoms with Gasteiger partial charge in [-0.05, 0) is 43.9 Å². The van der Waals surface area contributed by atoms with Gasteiger partial charge in [-0.25, -0.2) is 4.98 Å². The van der Waals surface area contributed by atoms with Gasteiger partial charge >= 0.3 is 0 Å². The van der Waals surface area contributed by atoms with Crippen LogP contribution in [0.25, 0.3) is 0 Å². The summed E-state index contributed by atoms with van der Waals surface area (Å²) in [6, 6.07) is 4.77. The van der Waals surface area contributed by atoms with Crippen molar-refractivity contribution in [1.29, 1.82) is 0 Å². The number of halogens is 1. The standard InChI is InChI=1S/C17H28ClN3/c1-4-5-10-21(14-6-7-14)17-9-8-15(18)16(20-17)12-19-11-13(2)3/h8-9,13-14,19H,4-7,10-12H2,1-3H3. The number of hydrogen-bond acceptors (Lipinski definition) is 3. The zero-order valence-electron chi connectivity index (χ0n) is 13.5. The van der Waals surface area contributed by atoms with E-state index in [0.29, 0.717) is 12.0 Å². The van der Waals surface area contributed by atoms with E-state index in [2.05, 4.69) is 37.1 Å². The van der Waals surface area contributed by atoms with Gasteiger partial charge in [0, 0.05) is 19.1 Å². The van der Waals surface area contributed by atoms with E-state index in [1.807, 2.05) is 6.07 Å². The van der Waals surface area contributed by atoms with Gasteiger partial charge in [-0.15, -0.1) is 0 Å². The van der Waals surface area contributed by atoms with Gasteiger partial charge in [0.25, 0.3) is 0 Å². The number of unbranched alkanes of at least 4 members (excludes halogenated alkanes) is 1. The first-order valence-electron chi connectivity index (χ1n) is 8.24. The van der Waals surface area contributed by atoms with Gasteiger partial charge in [0.05, 0.1) is 10.7 Å². The van der Waals surface area contributed by atoms with Crippen molar-refractivity contribution in [3.05, 3.63) is 22.8 Å². The second-order valence-corrected chi connectivity index (χ2v) is 6.81. The van der Waals surface area contributed by atoms with Crippen LogP contribution < -0.4 is 10.2 Å². The molecule has 1 aromatic rings. The molecule has 21 heavy (non-hydrogen) atoms. The number of hydrogen-bond donors (Lipinski definition) is 1. The first kappa shape index (κ1) is 16.6. The van der Waals surface area contributed by atoms with Gasteiger partial charge in [0.2, 0.25) is 0 Å². The quantitative estimate of drug-likeness (QED) is 0.739. The van der Waals surface area contributed by atoms with E-state index in [1.165, 1.54) is 25.7 Å². The molecule has 1 aromatic heterocycles. The average Bonchev–Trinajstić information content (AvgIpc) is 3.26. The van der Waals surface area contributed by atoms with Crippen LogP contribution in [0, 0.1) is 5.92 Å². The highest BCUT2D eigenvalue weighted by molar-refractivity contribution is 6.31. The third-order valence-corrected chi connectivity index (χ3v) is 4.13. The zero-order chi connectivity index (χ0) is 15.2. The average molecular weight is 310 g/mol. The third-order valence-electron chi connectivity index (χ3n) is 3.78. The molecule has 0 aliphatic heterocycles. The zero-order valence-corrected chi connectivity index (χ0v) is 14.3. The summed E-state index contributed by atoms with van der Waals surface area (Å²) in [6.07, 6.45) is 5.05. The summed E-state index contributed by atoms with van der Waals surface area (Å²) in [5.41, 5.74) is 0.969. The van der Waals surface area contributed by atoms with Crippen molar-refractivity contribution in [2.24, 2.45) is 5.92 Å². The van der Waals surface area contributed by atoms with Gasteiger partial charge in [-0.3, -0.25) is 0 Å². The fourth-order valence-corrected chi connectivity index (χ4v) is 2.61. The number of pyridine rings is 1. The predicted octanol–water partition coefficient (Wildman–Crippen LogP) is 4.25. The smallest absolute Gasteiger partial charge is 0.129 e. The van der Waals surface area contributed by atoms with Crippen LogP contribution in [0.15, 0.2) is 12.1 Å². The minimum Gasteiger partial charge on any atom is -0.354 e. The lowest BCUT2D eigenvalue weighted by molar-refractivity contribution is 0.548. The Kier molecular flexibility index (Phi) is 6.31. The number of nitrogens with one attached hydrogen (secondary N) is 1. The van der Waals surface area contributed by atoms with Crippen LogP contribution in [0.4, 0.5) is 5.82 Å². The van der Waals surface area contributed by atoms with Gasteiger partial charge < -0.3 is 10.2 Å². The van der Waals surface area contributed by atoms with Crippen molar-refractivity contribution in [2.75, 3.05) is 18.0 Å². The molecule has 118 valence electrons. The molecule has 1 saturated carbocycles. The monoisotopic (exact) mass is 309 g/mol. The first-order chi connectivity index (χ1) is 10.1. The maximum atomic E-state index is 6.29. The minimum atomic E-state index is 0.638. The van der Waals surface area contributed by atoms with Crippen molar-refractivity contribution < 1.29 is 0 Å². The van der Waals surface area contributed by atoms with E-state index in [1.54, 1.807) is 0 Å². The van der Waals surface area contributed by atoms with Crippen LogP contribution in [0.2, 0.25) is 5.02 Å². The molecule has 0 aromatic carbocycles. The highest BCUT2D eigenvalue weighted by Gasteiger charge is 2.29. The Morgan fingerprint density at radius 2 is 2.14 bits per heavy atom. The summed E-state index contributed by atoms with van der Waals surface area (Å²) in [7, 11) is 0. The number of rotatable bonds is 9. The van der Waals surface area contributed by atoms with E-state index in [-0.39, 0.29) is 0 Å². The molecule has 0 atom stereocenters. The molecule has 1 N–H and O–H groups in total. The molecule has 2 rings (SSSR count). The van der Waals surface area contributed by atoms with Gasteiger partial charge in [-0.2, -0.15) is 0 Å². The van der Waals surface area contributed by atoms with Gasteiger partial charge in [-0.1, -0.05) is 38.8 Å². The van der Waals surface area contributed by atoms with E-state index in [4.69, 9.17) is 16.6 Å². The molecule has 0 radical (unpaired) electrons. The largest absolute Gasteiger partial charge is 0.354 e. The normalized spacial score (nSPS) is 14.7. The van der Waals surface area contributed by atoms with E-state index in [9.17, 15) is 0 Å². The molecule has 1 aliphatic rings. The lowest BCUT2D eigenvalue weighted by Crippen LogP contribution is -2.28. The van der Waals surface area contributed by atoms with Crippen molar-refractivity contribution in [2.45, 2.75) is 59.0 Å². The van der Waals surface area contributed by atoms with Gasteiger partial charge in [0.1, 0.15) is 5.82 Å². The molecule has 0 saturated heterocycles. The topological polar surface area (TPSA) is 28.2 Å². The maximum Gasteiger partial charge on any atom is 0.129 e. The molecule has 1 heterocycles. The molecule has 1 aliphatic carbocycles. The molecule has 1 fully saturated rings. The summed E-state index contributed by atoms with van der Waals surface area (Å²) in [5, 5.41) is 4.20. The lowest BCUT2D eigenvalue weighted by Gasteiger charge is -2.24. The van der Waals surface area contributed by atoms with Crippen LogP contribution >= 0.6 is 11.6 Å². The molecule has 0 unspecified atom stereocenters. The van der Waals surface area contributed by atoms with E-state index >= 15 is 0 Å². The van der Waals surface area contributed by atoms with Crippen LogP contribution in [-0.4, -0.2) is 24.1 Å². The Labute approximate surface area is 134 Å². The molecule has 0 spiro atoms. The maximum absolute atomic E-state index is 6.29. The van der Waals surface area contributed by atoms with Crippen molar-refractivity contribution in [3.8, 4) is 0 Å². The number of aromatic nitrogens is 1. The summed E-state index contributed by atoms with van der Waals surface area (Å²) in [4.78, 5) is 7.28. The molecule has 3 nitrogen and oxygen atoms in total. The Morgan fingerprint density at radius 1 is 1.38 bits per heavy atom. The number of anilines is 1. The Hall–Kier alpha value is -0.800. The summed E-state index contributed by atoms with van der Waals surface area (Å²) in [6.45, 7) is 9.49. The Balaban J connectivity index is 2.04. The Morgan fingerprint density at radius 3 is 2.76 bits per heavy atom. The minimum absolute atomic E-state index is 0.638. The fourth-order valence-electron chi connectivity index (χ4n) is 2.43. The van der Waals surface area contributed by atoms with E-state index < -0.39 is 0 Å². The molecular formula is C17H28ClN3. The van der Waals surface area contributed by atoms with Crippen LogP contribution in [0.5, 0.6) is 0 Å². The fraction of sp³-hybridized carbons (Fsp3) is 0.706. The highest BCUT2D eigenvalue weighted by Crippen LogP contribution is 2.32. The Bertz CT molecular complexity index is 444. The van der Waals surface area contributed by atoms with Crippen LogP contribution in [0.1, 0.15) is 52.1 Å². The molecular weight excluding hydrogens is 282 g/mol. The lowest BCUT2D eigenvalue weighted by atomic mass is 10.2. The molecule has 0 bridgehead atoms. The van der Waals surface area contributed by atoms with E-state index in [0.717, 1.165) is 36.2 Å². The summed E-state index contributed by atoms with van der Waals surface area (Å²) in [5.74, 6) is 1.73. The number of nitrogens with zero attached hydrogens (tertiary/aromatic N) is 2. The second kappa shape index (κ2) is 8.00. The third kappa shape index (κ3) is 5.15. The first-order valence-corrected chi connectivity index (χ1v) is 8.62. The van der Waals surface area contributed by atoms with Crippen LogP contribution in [0.3, 0.4) is 0 Å². The van der Waals surface area contributed by atoms with Crippen molar-refractivity contribution >= 4 is 17.4 Å². The van der Waals surface area contributed by atoms with Gasteiger partial charge in [0.15, 0.2) is 0 Å².